The van der Waals surface area contributed by atoms with Crippen molar-refractivity contribution in [1.29, 1.82) is 0 Å². The molecule has 3 unspecified atom stereocenters. The Morgan fingerprint density at radius 3 is 2.63 bits per heavy atom. The van der Waals surface area contributed by atoms with Crippen LogP contribution in [0.25, 0.3) is 0 Å². The fraction of sp³-hybridized carbons (Fsp3) is 0.933. The first-order valence-corrected chi connectivity index (χ1v) is 7.72. The number of likely N-dealkylation sites (N-methyl/N-ethyl adjacent to an activating group) is 1. The molecule has 0 radical (unpaired) electrons. The van der Waals surface area contributed by atoms with E-state index in [1.54, 1.807) is 0 Å². The van der Waals surface area contributed by atoms with Crippen LogP contribution in [0.4, 0.5) is 0 Å². The van der Waals surface area contributed by atoms with Crippen molar-refractivity contribution in [1.82, 2.24) is 10.2 Å². The smallest absolute Gasteiger partial charge is 0.234 e. The van der Waals surface area contributed by atoms with E-state index >= 15 is 0 Å². The maximum absolute atomic E-state index is 12.0. The van der Waals surface area contributed by atoms with Crippen LogP contribution in [-0.2, 0) is 4.79 Å². The van der Waals surface area contributed by atoms with Crippen molar-refractivity contribution < 1.29 is 9.90 Å². The van der Waals surface area contributed by atoms with Crippen molar-refractivity contribution in [2.45, 2.75) is 57.6 Å². The molecule has 2 fully saturated rings. The van der Waals surface area contributed by atoms with Crippen LogP contribution in [0, 0.1) is 11.8 Å². The lowest BCUT2D eigenvalue weighted by molar-refractivity contribution is -0.123. The maximum atomic E-state index is 12.0. The highest BCUT2D eigenvalue weighted by molar-refractivity contribution is 5.78. The van der Waals surface area contributed by atoms with Gasteiger partial charge in [0.25, 0.3) is 0 Å². The van der Waals surface area contributed by atoms with Crippen LogP contribution >= 0.6 is 0 Å². The summed E-state index contributed by atoms with van der Waals surface area (Å²) in [6, 6.07) is 0.350. The lowest BCUT2D eigenvalue weighted by atomic mass is 9.86. The van der Waals surface area contributed by atoms with Gasteiger partial charge in [0, 0.05) is 12.6 Å². The first-order chi connectivity index (χ1) is 9.06. The Morgan fingerprint density at radius 2 is 2.00 bits per heavy atom. The van der Waals surface area contributed by atoms with Gasteiger partial charge in [-0.2, -0.15) is 0 Å². The average molecular weight is 268 g/mol. The average Bonchev–Trinajstić information content (AvgIpc) is 3.15. The molecule has 0 saturated heterocycles. The molecule has 0 aliphatic heterocycles. The van der Waals surface area contributed by atoms with E-state index in [9.17, 15) is 9.90 Å². The summed E-state index contributed by atoms with van der Waals surface area (Å²) in [6.45, 7) is 3.23. The topological polar surface area (TPSA) is 52.6 Å². The van der Waals surface area contributed by atoms with Gasteiger partial charge in [-0.05, 0) is 44.6 Å². The predicted molar refractivity (Wildman–Crippen MR) is 75.8 cm³/mol. The van der Waals surface area contributed by atoms with Crippen molar-refractivity contribution in [3.8, 4) is 0 Å². The van der Waals surface area contributed by atoms with Crippen LogP contribution in [0.2, 0.25) is 0 Å². The third-order valence-corrected chi connectivity index (χ3v) is 4.54. The number of nitrogens with zero attached hydrogens (tertiary/aromatic N) is 1. The van der Waals surface area contributed by atoms with E-state index in [-0.39, 0.29) is 12.0 Å². The normalized spacial score (nSPS) is 29.3. The molecule has 0 heterocycles. The van der Waals surface area contributed by atoms with Gasteiger partial charge < -0.3 is 10.4 Å². The van der Waals surface area contributed by atoms with E-state index < -0.39 is 0 Å². The van der Waals surface area contributed by atoms with Gasteiger partial charge in [0.05, 0.1) is 12.6 Å². The number of hydrogen-bond acceptors (Lipinski definition) is 3. The lowest BCUT2D eigenvalue weighted by Gasteiger charge is -2.30. The molecule has 0 aromatic carbocycles. The van der Waals surface area contributed by atoms with Gasteiger partial charge in [0.2, 0.25) is 5.91 Å². The standard InChI is InChI=1S/C15H28N2O2/c1-11-5-3-4-6-13(11)16-15(19)10-17(2)9-14(18)12-7-8-12/h11-14,18H,3-10H2,1-2H3,(H,16,19). The van der Waals surface area contributed by atoms with E-state index in [1.807, 2.05) is 11.9 Å². The lowest BCUT2D eigenvalue weighted by Crippen LogP contribution is -2.46. The minimum absolute atomic E-state index is 0.101. The zero-order valence-electron chi connectivity index (χ0n) is 12.3. The van der Waals surface area contributed by atoms with Gasteiger partial charge >= 0.3 is 0 Å². The second-order valence-electron chi connectivity index (χ2n) is 6.54. The van der Waals surface area contributed by atoms with Gasteiger partial charge in [-0.3, -0.25) is 9.69 Å². The minimum Gasteiger partial charge on any atom is -0.392 e. The van der Waals surface area contributed by atoms with Gasteiger partial charge in [-0.1, -0.05) is 19.8 Å². The van der Waals surface area contributed by atoms with Crippen LogP contribution in [-0.4, -0.2) is 48.2 Å². The molecule has 0 bridgehead atoms. The van der Waals surface area contributed by atoms with Crippen molar-refractivity contribution in [2.24, 2.45) is 11.8 Å². The molecular weight excluding hydrogens is 240 g/mol. The third kappa shape index (κ3) is 4.77. The summed E-state index contributed by atoms with van der Waals surface area (Å²) >= 11 is 0. The summed E-state index contributed by atoms with van der Waals surface area (Å²) in [7, 11) is 1.91. The number of carbonyl (C=O) groups is 1. The van der Waals surface area contributed by atoms with E-state index in [1.165, 1.54) is 19.3 Å². The molecule has 2 N–H and O–H groups in total. The summed E-state index contributed by atoms with van der Waals surface area (Å²) < 4.78 is 0. The maximum Gasteiger partial charge on any atom is 0.234 e. The van der Waals surface area contributed by atoms with Gasteiger partial charge in [-0.15, -0.1) is 0 Å². The second kappa shape index (κ2) is 6.71. The highest BCUT2D eigenvalue weighted by Gasteiger charge is 2.30. The highest BCUT2D eigenvalue weighted by atomic mass is 16.3. The van der Waals surface area contributed by atoms with E-state index in [2.05, 4.69) is 12.2 Å². The SMILES string of the molecule is CC1CCCCC1NC(=O)CN(C)CC(O)C1CC1. The number of carbonyl (C=O) groups excluding carboxylic acids is 1. The van der Waals surface area contributed by atoms with Crippen molar-refractivity contribution in [3.63, 3.8) is 0 Å². The Bertz CT molecular complexity index is 305. The van der Waals surface area contributed by atoms with Crippen LogP contribution in [0.5, 0.6) is 0 Å². The molecule has 2 rings (SSSR count). The summed E-state index contributed by atoms with van der Waals surface area (Å²) in [4.78, 5) is 13.9. The molecule has 2 saturated carbocycles. The third-order valence-electron chi connectivity index (χ3n) is 4.54. The van der Waals surface area contributed by atoms with Gasteiger partial charge in [0.15, 0.2) is 0 Å². The monoisotopic (exact) mass is 268 g/mol. The van der Waals surface area contributed by atoms with Crippen LogP contribution < -0.4 is 5.32 Å². The number of aliphatic hydroxyl groups is 1. The Kier molecular flexibility index (Phi) is 5.22. The summed E-state index contributed by atoms with van der Waals surface area (Å²) in [6.07, 6.45) is 6.88. The summed E-state index contributed by atoms with van der Waals surface area (Å²) in [5, 5.41) is 13.0. The molecule has 0 aromatic rings. The van der Waals surface area contributed by atoms with E-state index in [0.29, 0.717) is 31.0 Å². The molecule has 110 valence electrons. The Balaban J connectivity index is 1.67. The van der Waals surface area contributed by atoms with Gasteiger partial charge in [-0.25, -0.2) is 0 Å². The van der Waals surface area contributed by atoms with Gasteiger partial charge in [0.1, 0.15) is 0 Å². The van der Waals surface area contributed by atoms with E-state index in [0.717, 1.165) is 19.3 Å². The molecule has 0 aromatic heterocycles. The first kappa shape index (κ1) is 14.8. The van der Waals surface area contributed by atoms with Crippen LogP contribution in [0.1, 0.15) is 45.4 Å². The Labute approximate surface area is 116 Å². The fourth-order valence-electron chi connectivity index (χ4n) is 3.04. The molecule has 0 spiro atoms. The molecule has 2 aliphatic rings. The highest BCUT2D eigenvalue weighted by Crippen LogP contribution is 2.32. The minimum atomic E-state index is -0.258. The zero-order valence-corrected chi connectivity index (χ0v) is 12.3. The molecule has 4 heteroatoms. The number of rotatable bonds is 6. The second-order valence-corrected chi connectivity index (χ2v) is 6.54. The molecular formula is C15H28N2O2. The first-order valence-electron chi connectivity index (χ1n) is 7.72. The number of nitrogens with one attached hydrogen (secondary N) is 1. The summed E-state index contributed by atoms with van der Waals surface area (Å²) in [5.41, 5.74) is 0. The molecule has 1 amide bonds. The number of hydrogen-bond donors (Lipinski definition) is 2. The summed E-state index contributed by atoms with van der Waals surface area (Å²) in [5.74, 6) is 1.17. The molecule has 2 aliphatic carbocycles. The van der Waals surface area contributed by atoms with Crippen molar-refractivity contribution in [2.75, 3.05) is 20.1 Å². The predicted octanol–water partition coefficient (Wildman–Crippen LogP) is 1.38. The molecule has 3 atom stereocenters. The fourth-order valence-corrected chi connectivity index (χ4v) is 3.04. The quantitative estimate of drug-likeness (QED) is 0.765. The number of aliphatic hydroxyl groups excluding tert-OH is 1. The molecule has 19 heavy (non-hydrogen) atoms. The Hall–Kier alpha value is -0.610. The molecule has 4 nitrogen and oxygen atoms in total. The van der Waals surface area contributed by atoms with Crippen LogP contribution in [0.15, 0.2) is 0 Å². The van der Waals surface area contributed by atoms with Crippen molar-refractivity contribution >= 4 is 5.91 Å². The van der Waals surface area contributed by atoms with Crippen LogP contribution in [0.3, 0.4) is 0 Å². The van der Waals surface area contributed by atoms with Crippen molar-refractivity contribution in [3.05, 3.63) is 0 Å². The zero-order chi connectivity index (χ0) is 13.8. The largest absolute Gasteiger partial charge is 0.392 e. The Morgan fingerprint density at radius 1 is 1.32 bits per heavy atom. The van der Waals surface area contributed by atoms with E-state index in [4.69, 9.17) is 0 Å². The number of amides is 1.